The molecule has 0 saturated carbocycles. The van der Waals surface area contributed by atoms with E-state index in [0.29, 0.717) is 5.92 Å². The van der Waals surface area contributed by atoms with Gasteiger partial charge in [-0.2, -0.15) is 0 Å². The Morgan fingerprint density at radius 3 is 2.60 bits per heavy atom. The van der Waals surface area contributed by atoms with Gasteiger partial charge in [-0.25, -0.2) is 0 Å². The van der Waals surface area contributed by atoms with Gasteiger partial charge in [0.2, 0.25) is 0 Å². The van der Waals surface area contributed by atoms with Gasteiger partial charge < -0.3 is 0 Å². The lowest BCUT2D eigenvalue weighted by Gasteiger charge is -2.15. The van der Waals surface area contributed by atoms with E-state index in [9.17, 15) is 0 Å². The van der Waals surface area contributed by atoms with Crippen molar-refractivity contribution in [2.24, 2.45) is 0 Å². The van der Waals surface area contributed by atoms with Gasteiger partial charge >= 0.3 is 0 Å². The number of hydrogen-bond donors (Lipinski definition) is 0. The Morgan fingerprint density at radius 2 is 1.93 bits per heavy atom. The van der Waals surface area contributed by atoms with Crippen LogP contribution < -0.4 is 0 Å². The molecule has 1 saturated heterocycles. The van der Waals surface area contributed by atoms with Crippen LogP contribution in [0.5, 0.6) is 0 Å². The van der Waals surface area contributed by atoms with Gasteiger partial charge in [-0.3, -0.25) is 4.90 Å². The maximum Gasteiger partial charge on any atom is 0.0233 e. The van der Waals surface area contributed by atoms with Crippen molar-refractivity contribution in [2.45, 2.75) is 39.2 Å². The van der Waals surface area contributed by atoms with Crippen LogP contribution in [-0.2, 0) is 6.54 Å². The summed E-state index contributed by atoms with van der Waals surface area (Å²) >= 11 is 0. The second-order valence-electron chi connectivity index (χ2n) is 4.88. The first-order valence-corrected chi connectivity index (χ1v) is 6.07. The van der Waals surface area contributed by atoms with E-state index in [4.69, 9.17) is 0 Å². The lowest BCUT2D eigenvalue weighted by molar-refractivity contribution is 0.331. The molecule has 0 aromatic heterocycles. The van der Waals surface area contributed by atoms with Crippen molar-refractivity contribution in [3.05, 3.63) is 35.4 Å². The van der Waals surface area contributed by atoms with Crippen LogP contribution in [0.15, 0.2) is 24.3 Å². The number of rotatable bonds is 3. The molecule has 0 spiro atoms. The van der Waals surface area contributed by atoms with Gasteiger partial charge in [-0.15, -0.1) is 0 Å². The normalized spacial score (nSPS) is 17.5. The Morgan fingerprint density at radius 1 is 1.20 bits per heavy atom. The average Bonchev–Trinajstić information content (AvgIpc) is 2.71. The molecule has 1 aromatic rings. The smallest absolute Gasteiger partial charge is 0.0233 e. The molecule has 1 aliphatic heterocycles. The van der Waals surface area contributed by atoms with Gasteiger partial charge in [0.05, 0.1) is 0 Å². The van der Waals surface area contributed by atoms with Crippen LogP contribution in [0.2, 0.25) is 0 Å². The molecule has 15 heavy (non-hydrogen) atoms. The number of likely N-dealkylation sites (tertiary alicyclic amines) is 1. The van der Waals surface area contributed by atoms with Crippen LogP contribution in [0.1, 0.15) is 43.7 Å². The van der Waals surface area contributed by atoms with Gasteiger partial charge in [0.1, 0.15) is 0 Å². The molecule has 0 aliphatic carbocycles. The molecule has 1 heterocycles. The van der Waals surface area contributed by atoms with E-state index >= 15 is 0 Å². The molecule has 82 valence electrons. The fourth-order valence-corrected chi connectivity index (χ4v) is 2.25. The maximum absolute atomic E-state index is 2.56. The van der Waals surface area contributed by atoms with Crippen LogP contribution in [0.3, 0.4) is 0 Å². The van der Waals surface area contributed by atoms with Gasteiger partial charge in [-0.05, 0) is 43.0 Å². The van der Waals surface area contributed by atoms with Crippen molar-refractivity contribution in [1.82, 2.24) is 4.90 Å². The zero-order valence-electron chi connectivity index (χ0n) is 9.87. The van der Waals surface area contributed by atoms with E-state index < -0.39 is 0 Å². The van der Waals surface area contributed by atoms with Crippen molar-refractivity contribution in [3.63, 3.8) is 0 Å². The highest BCUT2D eigenvalue weighted by Crippen LogP contribution is 2.18. The van der Waals surface area contributed by atoms with E-state index in [-0.39, 0.29) is 0 Å². The highest BCUT2D eigenvalue weighted by atomic mass is 15.1. The second kappa shape index (κ2) is 4.80. The molecule has 1 fully saturated rings. The molecule has 1 heteroatoms. The summed E-state index contributed by atoms with van der Waals surface area (Å²) in [4.78, 5) is 2.56. The van der Waals surface area contributed by atoms with Crippen LogP contribution in [0.4, 0.5) is 0 Å². The van der Waals surface area contributed by atoms with Crippen molar-refractivity contribution >= 4 is 0 Å². The quantitative estimate of drug-likeness (QED) is 0.727. The van der Waals surface area contributed by atoms with E-state index in [1.807, 2.05) is 0 Å². The molecule has 1 aromatic carbocycles. The van der Waals surface area contributed by atoms with E-state index in [2.05, 4.69) is 43.0 Å². The maximum atomic E-state index is 2.56. The van der Waals surface area contributed by atoms with Crippen molar-refractivity contribution < 1.29 is 0 Å². The Kier molecular flexibility index (Phi) is 3.42. The summed E-state index contributed by atoms with van der Waals surface area (Å²) in [5.74, 6) is 0.642. The number of hydrogen-bond acceptors (Lipinski definition) is 1. The average molecular weight is 203 g/mol. The first-order chi connectivity index (χ1) is 7.25. The van der Waals surface area contributed by atoms with Crippen LogP contribution in [0.25, 0.3) is 0 Å². The molecule has 0 N–H and O–H groups in total. The SMILES string of the molecule is CC(C)c1cccc(CN2CCCC2)c1. The van der Waals surface area contributed by atoms with Crippen LogP contribution >= 0.6 is 0 Å². The molecular formula is C14H21N. The van der Waals surface area contributed by atoms with Crippen molar-refractivity contribution in [3.8, 4) is 0 Å². The van der Waals surface area contributed by atoms with E-state index in [1.165, 1.54) is 37.1 Å². The summed E-state index contributed by atoms with van der Waals surface area (Å²) in [6.07, 6.45) is 2.76. The van der Waals surface area contributed by atoms with E-state index in [1.54, 1.807) is 0 Å². The molecule has 0 amide bonds. The summed E-state index contributed by atoms with van der Waals surface area (Å²) < 4.78 is 0. The minimum absolute atomic E-state index is 0.642. The predicted molar refractivity (Wildman–Crippen MR) is 65.0 cm³/mol. The Balaban J connectivity index is 2.04. The third kappa shape index (κ3) is 2.82. The molecule has 1 aliphatic rings. The first-order valence-electron chi connectivity index (χ1n) is 6.07. The molecular weight excluding hydrogens is 182 g/mol. The zero-order chi connectivity index (χ0) is 10.7. The predicted octanol–water partition coefficient (Wildman–Crippen LogP) is 3.41. The highest BCUT2D eigenvalue weighted by Gasteiger charge is 2.11. The van der Waals surface area contributed by atoms with Crippen molar-refractivity contribution in [1.29, 1.82) is 0 Å². The van der Waals surface area contributed by atoms with E-state index in [0.717, 1.165) is 6.54 Å². The van der Waals surface area contributed by atoms with Crippen molar-refractivity contribution in [2.75, 3.05) is 13.1 Å². The third-order valence-corrected chi connectivity index (χ3v) is 3.22. The second-order valence-corrected chi connectivity index (χ2v) is 4.88. The molecule has 0 radical (unpaired) electrons. The lowest BCUT2D eigenvalue weighted by Crippen LogP contribution is -2.18. The third-order valence-electron chi connectivity index (χ3n) is 3.22. The van der Waals surface area contributed by atoms with Gasteiger partial charge in [-0.1, -0.05) is 38.1 Å². The molecule has 0 bridgehead atoms. The standard InChI is InChI=1S/C14H21N/c1-12(2)14-7-5-6-13(10-14)11-15-8-3-4-9-15/h5-7,10,12H,3-4,8-9,11H2,1-2H3. The summed E-state index contributed by atoms with van der Waals surface area (Å²) in [6.45, 7) is 8.22. The molecule has 0 unspecified atom stereocenters. The largest absolute Gasteiger partial charge is 0.299 e. The fraction of sp³-hybridized carbons (Fsp3) is 0.571. The minimum atomic E-state index is 0.642. The highest BCUT2D eigenvalue weighted by molar-refractivity contribution is 5.25. The van der Waals surface area contributed by atoms with Gasteiger partial charge in [0, 0.05) is 6.54 Å². The Bertz CT molecular complexity index is 311. The topological polar surface area (TPSA) is 3.24 Å². The van der Waals surface area contributed by atoms with Crippen LogP contribution in [-0.4, -0.2) is 18.0 Å². The Labute approximate surface area is 93.1 Å². The first kappa shape index (κ1) is 10.7. The minimum Gasteiger partial charge on any atom is -0.299 e. The van der Waals surface area contributed by atoms with Gasteiger partial charge in [0.25, 0.3) is 0 Å². The Hall–Kier alpha value is -0.820. The fourth-order valence-electron chi connectivity index (χ4n) is 2.25. The number of nitrogens with zero attached hydrogens (tertiary/aromatic N) is 1. The molecule has 0 atom stereocenters. The summed E-state index contributed by atoms with van der Waals surface area (Å²) in [5, 5.41) is 0. The number of benzene rings is 1. The zero-order valence-corrected chi connectivity index (χ0v) is 9.87. The lowest BCUT2D eigenvalue weighted by atomic mass is 10.0. The van der Waals surface area contributed by atoms with Crippen LogP contribution in [0, 0.1) is 0 Å². The summed E-state index contributed by atoms with van der Waals surface area (Å²) in [7, 11) is 0. The van der Waals surface area contributed by atoms with Gasteiger partial charge in [0.15, 0.2) is 0 Å². The molecule has 1 nitrogen and oxygen atoms in total. The summed E-state index contributed by atoms with van der Waals surface area (Å²) in [6, 6.07) is 9.05. The molecule has 2 rings (SSSR count). The summed E-state index contributed by atoms with van der Waals surface area (Å²) in [5.41, 5.74) is 2.94. The monoisotopic (exact) mass is 203 g/mol.